The van der Waals surface area contributed by atoms with E-state index >= 15 is 0 Å². The predicted molar refractivity (Wildman–Crippen MR) is 116 cm³/mol. The fourth-order valence-electron chi connectivity index (χ4n) is 3.17. The van der Waals surface area contributed by atoms with E-state index in [1.165, 1.54) is 12.1 Å². The Hall–Kier alpha value is -3.93. The Balaban J connectivity index is 1.55. The summed E-state index contributed by atoms with van der Waals surface area (Å²) in [5.74, 6) is -0.106. The van der Waals surface area contributed by atoms with E-state index in [-0.39, 0.29) is 17.2 Å². The molecule has 0 amide bonds. The zero-order chi connectivity index (χ0) is 21.8. The first kappa shape index (κ1) is 20.3. The fourth-order valence-corrected chi connectivity index (χ4v) is 3.17. The Bertz CT molecular complexity index is 1200. The van der Waals surface area contributed by atoms with Crippen molar-refractivity contribution < 1.29 is 23.4 Å². The number of cyclic esters (lactones) is 1. The number of esters is 1. The number of benzene rings is 3. The van der Waals surface area contributed by atoms with Crippen molar-refractivity contribution in [2.45, 2.75) is 13.5 Å². The Morgan fingerprint density at radius 1 is 1.03 bits per heavy atom. The average molecular weight is 417 g/mol. The highest BCUT2D eigenvalue weighted by Crippen LogP contribution is 2.30. The topological polar surface area (TPSA) is 57.1 Å². The summed E-state index contributed by atoms with van der Waals surface area (Å²) in [6, 6.07) is 19.4. The van der Waals surface area contributed by atoms with Crippen LogP contribution in [0.5, 0.6) is 11.5 Å². The second kappa shape index (κ2) is 8.83. The van der Waals surface area contributed by atoms with Gasteiger partial charge in [-0.3, -0.25) is 0 Å². The number of aryl methyl sites for hydroxylation is 1. The van der Waals surface area contributed by atoms with Crippen molar-refractivity contribution in [2.24, 2.45) is 4.99 Å². The van der Waals surface area contributed by atoms with Gasteiger partial charge in [0.2, 0.25) is 5.90 Å². The number of nitrogens with zero attached hydrogens (tertiary/aromatic N) is 1. The van der Waals surface area contributed by atoms with Crippen LogP contribution in [0.3, 0.4) is 0 Å². The number of carbonyl (C=O) groups is 1. The van der Waals surface area contributed by atoms with Gasteiger partial charge in [0, 0.05) is 0 Å². The molecular formula is C25H20FNO4. The zero-order valence-corrected chi connectivity index (χ0v) is 17.1. The summed E-state index contributed by atoms with van der Waals surface area (Å²) < 4.78 is 30.4. The molecule has 3 aromatic carbocycles. The van der Waals surface area contributed by atoms with E-state index in [4.69, 9.17) is 14.2 Å². The van der Waals surface area contributed by atoms with E-state index in [0.29, 0.717) is 23.7 Å². The minimum Gasteiger partial charge on any atom is -0.493 e. The number of ether oxygens (including phenoxy) is 3. The minimum absolute atomic E-state index is 0.0561. The van der Waals surface area contributed by atoms with Crippen LogP contribution < -0.4 is 9.47 Å². The lowest BCUT2D eigenvalue weighted by Crippen LogP contribution is -2.07. The smallest absolute Gasteiger partial charge is 0.363 e. The van der Waals surface area contributed by atoms with E-state index in [1.807, 2.05) is 25.1 Å². The van der Waals surface area contributed by atoms with Crippen LogP contribution >= 0.6 is 0 Å². The summed E-state index contributed by atoms with van der Waals surface area (Å²) in [6.45, 7) is 2.43. The number of methoxy groups -OCH3 is 1. The first-order valence-electron chi connectivity index (χ1n) is 9.67. The fraction of sp³-hybridized carbons (Fsp3) is 0.120. The van der Waals surface area contributed by atoms with Crippen LogP contribution in [0.25, 0.3) is 6.08 Å². The number of halogens is 1. The highest BCUT2D eigenvalue weighted by atomic mass is 19.1. The zero-order valence-electron chi connectivity index (χ0n) is 17.1. The Morgan fingerprint density at radius 2 is 1.87 bits per heavy atom. The molecule has 0 bridgehead atoms. The first-order valence-corrected chi connectivity index (χ1v) is 9.67. The van der Waals surface area contributed by atoms with Crippen LogP contribution in [0, 0.1) is 12.7 Å². The lowest BCUT2D eigenvalue weighted by atomic mass is 10.1. The molecule has 0 saturated carbocycles. The van der Waals surface area contributed by atoms with Crippen LogP contribution in [-0.4, -0.2) is 19.0 Å². The molecule has 0 spiro atoms. The molecule has 6 heteroatoms. The summed E-state index contributed by atoms with van der Waals surface area (Å²) in [5.41, 5.74) is 3.10. The maximum Gasteiger partial charge on any atom is 0.363 e. The molecule has 3 aromatic rings. The van der Waals surface area contributed by atoms with E-state index in [0.717, 1.165) is 11.1 Å². The molecule has 0 saturated heterocycles. The van der Waals surface area contributed by atoms with Crippen LogP contribution in [0.2, 0.25) is 0 Å². The van der Waals surface area contributed by atoms with Gasteiger partial charge in [0.15, 0.2) is 17.2 Å². The number of aliphatic imine (C=N–C) groups is 1. The number of carbonyl (C=O) groups excluding carboxylic acids is 1. The van der Waals surface area contributed by atoms with Crippen molar-refractivity contribution in [1.29, 1.82) is 0 Å². The van der Waals surface area contributed by atoms with Gasteiger partial charge >= 0.3 is 5.97 Å². The summed E-state index contributed by atoms with van der Waals surface area (Å²) in [5, 5.41) is 0. The highest BCUT2D eigenvalue weighted by Gasteiger charge is 2.26. The molecule has 31 heavy (non-hydrogen) atoms. The van der Waals surface area contributed by atoms with Crippen molar-refractivity contribution in [3.8, 4) is 11.5 Å². The molecule has 1 aliphatic heterocycles. The van der Waals surface area contributed by atoms with E-state index in [1.54, 1.807) is 43.5 Å². The van der Waals surface area contributed by atoms with E-state index in [9.17, 15) is 9.18 Å². The van der Waals surface area contributed by atoms with E-state index in [2.05, 4.69) is 11.1 Å². The van der Waals surface area contributed by atoms with Gasteiger partial charge < -0.3 is 14.2 Å². The number of rotatable bonds is 6. The Kier molecular flexibility index (Phi) is 5.80. The normalized spacial score (nSPS) is 14.4. The van der Waals surface area contributed by atoms with Crippen molar-refractivity contribution in [3.05, 3.63) is 100 Å². The standard InChI is InChI=1S/C25H20FNO4/c1-16-6-5-7-18(12-16)15-30-22-11-10-17(14-23(22)29-2)13-21-25(28)31-24(27-21)19-8-3-4-9-20(19)26/h3-14H,15H2,1-2H3/b21-13-. The Labute approximate surface area is 179 Å². The first-order chi connectivity index (χ1) is 15.0. The molecule has 156 valence electrons. The molecule has 0 radical (unpaired) electrons. The quantitative estimate of drug-likeness (QED) is 0.415. The summed E-state index contributed by atoms with van der Waals surface area (Å²) in [7, 11) is 1.55. The molecule has 0 fully saturated rings. The average Bonchev–Trinajstić information content (AvgIpc) is 3.13. The molecule has 0 atom stereocenters. The molecule has 0 N–H and O–H groups in total. The van der Waals surface area contributed by atoms with Crippen molar-refractivity contribution in [3.63, 3.8) is 0 Å². The third kappa shape index (κ3) is 4.64. The number of hydrogen-bond donors (Lipinski definition) is 0. The lowest BCUT2D eigenvalue weighted by Gasteiger charge is -2.12. The lowest BCUT2D eigenvalue weighted by molar-refractivity contribution is -0.129. The molecule has 1 aliphatic rings. The third-order valence-corrected chi connectivity index (χ3v) is 4.69. The van der Waals surface area contributed by atoms with Crippen molar-refractivity contribution in [1.82, 2.24) is 0 Å². The Morgan fingerprint density at radius 3 is 2.65 bits per heavy atom. The molecule has 0 unspecified atom stereocenters. The van der Waals surface area contributed by atoms with Gasteiger partial charge in [-0.2, -0.15) is 0 Å². The SMILES string of the molecule is COc1cc(/C=C2\N=C(c3ccccc3F)OC2=O)ccc1OCc1cccc(C)c1. The summed E-state index contributed by atoms with van der Waals surface area (Å²) in [6.07, 6.45) is 1.56. The van der Waals surface area contributed by atoms with Gasteiger partial charge in [-0.1, -0.05) is 48.0 Å². The highest BCUT2D eigenvalue weighted by molar-refractivity contribution is 6.12. The van der Waals surface area contributed by atoms with Crippen LogP contribution in [0.4, 0.5) is 4.39 Å². The van der Waals surface area contributed by atoms with Crippen molar-refractivity contribution >= 4 is 17.9 Å². The second-order valence-corrected chi connectivity index (χ2v) is 7.00. The molecular weight excluding hydrogens is 397 g/mol. The number of hydrogen-bond acceptors (Lipinski definition) is 5. The molecule has 1 heterocycles. The van der Waals surface area contributed by atoms with Crippen molar-refractivity contribution in [2.75, 3.05) is 7.11 Å². The van der Waals surface area contributed by atoms with Gasteiger partial charge in [-0.25, -0.2) is 14.2 Å². The van der Waals surface area contributed by atoms with Crippen LogP contribution in [0.15, 0.2) is 77.4 Å². The van der Waals surface area contributed by atoms with Gasteiger partial charge in [0.1, 0.15) is 12.4 Å². The van der Waals surface area contributed by atoms with Gasteiger partial charge in [-0.05, 0) is 48.4 Å². The molecule has 0 aliphatic carbocycles. The molecule has 4 rings (SSSR count). The minimum atomic E-state index is -0.642. The maximum atomic E-state index is 14.0. The van der Waals surface area contributed by atoms with E-state index < -0.39 is 11.8 Å². The largest absolute Gasteiger partial charge is 0.493 e. The summed E-state index contributed by atoms with van der Waals surface area (Å²) in [4.78, 5) is 16.3. The predicted octanol–water partition coefficient (Wildman–Crippen LogP) is 5.07. The second-order valence-electron chi connectivity index (χ2n) is 7.00. The van der Waals surface area contributed by atoms with Gasteiger partial charge in [-0.15, -0.1) is 0 Å². The van der Waals surface area contributed by atoms with Gasteiger partial charge in [0.25, 0.3) is 0 Å². The molecule has 5 nitrogen and oxygen atoms in total. The maximum absolute atomic E-state index is 14.0. The van der Waals surface area contributed by atoms with Gasteiger partial charge in [0.05, 0.1) is 12.7 Å². The molecule has 0 aromatic heterocycles. The third-order valence-electron chi connectivity index (χ3n) is 4.69. The van der Waals surface area contributed by atoms with Crippen LogP contribution in [-0.2, 0) is 16.1 Å². The van der Waals surface area contributed by atoms with Crippen LogP contribution in [0.1, 0.15) is 22.3 Å². The monoisotopic (exact) mass is 417 g/mol. The summed E-state index contributed by atoms with van der Waals surface area (Å²) >= 11 is 0.